The lowest BCUT2D eigenvalue weighted by Crippen LogP contribution is -2.56. The minimum absolute atomic E-state index is 0.0919. The molecule has 0 bridgehead atoms. The summed E-state index contributed by atoms with van der Waals surface area (Å²) in [4.78, 5) is 35.5. The number of nitrogens with one attached hydrogen (secondary N) is 2. The first-order valence-corrected chi connectivity index (χ1v) is 7.45. The Morgan fingerprint density at radius 1 is 1.18 bits per heavy atom. The normalized spacial score (nSPS) is 33.3. The van der Waals surface area contributed by atoms with Crippen molar-refractivity contribution in [2.24, 2.45) is 17.8 Å². The molecule has 3 N–H and O–H groups in total. The molecule has 6 heteroatoms. The van der Waals surface area contributed by atoms with Gasteiger partial charge in [-0.2, -0.15) is 0 Å². The van der Waals surface area contributed by atoms with E-state index in [1.165, 1.54) is 11.1 Å². The van der Waals surface area contributed by atoms with Gasteiger partial charge in [0.15, 0.2) is 0 Å². The summed E-state index contributed by atoms with van der Waals surface area (Å²) in [6.45, 7) is 0. The molecule has 1 aromatic rings. The van der Waals surface area contributed by atoms with Crippen LogP contribution in [0.3, 0.4) is 0 Å². The Bertz CT molecular complexity index is 676. The van der Waals surface area contributed by atoms with Crippen molar-refractivity contribution in [3.8, 4) is 0 Å². The molecule has 1 aliphatic heterocycles. The lowest BCUT2D eigenvalue weighted by molar-refractivity contribution is -0.139. The Balaban J connectivity index is 1.70. The van der Waals surface area contributed by atoms with Gasteiger partial charge >= 0.3 is 12.0 Å². The minimum atomic E-state index is -1.08. The number of carbonyl (C=O) groups excluding carboxylic acids is 2. The van der Waals surface area contributed by atoms with Gasteiger partial charge in [-0.25, -0.2) is 4.79 Å². The van der Waals surface area contributed by atoms with Crippen molar-refractivity contribution >= 4 is 17.9 Å². The van der Waals surface area contributed by atoms with E-state index in [9.17, 15) is 19.5 Å². The average Bonchev–Trinajstić information content (AvgIpc) is 3.07. The van der Waals surface area contributed by atoms with E-state index in [1.54, 1.807) is 0 Å². The van der Waals surface area contributed by atoms with Gasteiger partial charge in [-0.3, -0.25) is 14.9 Å². The summed E-state index contributed by atoms with van der Waals surface area (Å²) < 4.78 is 0. The van der Waals surface area contributed by atoms with Crippen LogP contribution in [0.1, 0.15) is 17.5 Å². The van der Waals surface area contributed by atoms with Crippen LogP contribution in [0, 0.1) is 17.8 Å². The van der Waals surface area contributed by atoms with Gasteiger partial charge in [0, 0.05) is 5.92 Å². The van der Waals surface area contributed by atoms with Crippen molar-refractivity contribution in [2.45, 2.75) is 24.8 Å². The molecule has 0 aromatic heterocycles. The van der Waals surface area contributed by atoms with Crippen molar-refractivity contribution in [3.05, 3.63) is 35.4 Å². The number of rotatable bonds is 3. The molecule has 22 heavy (non-hydrogen) atoms. The maximum absolute atomic E-state index is 12.5. The third-order valence-electron chi connectivity index (χ3n) is 5.31. The third kappa shape index (κ3) is 1.70. The second-order valence-corrected chi connectivity index (χ2v) is 6.44. The molecule has 1 aromatic carbocycles. The van der Waals surface area contributed by atoms with Crippen molar-refractivity contribution in [2.75, 3.05) is 0 Å². The fourth-order valence-electron chi connectivity index (χ4n) is 4.19. The van der Waals surface area contributed by atoms with E-state index in [0.717, 1.165) is 0 Å². The second kappa shape index (κ2) is 4.32. The Morgan fingerprint density at radius 2 is 1.82 bits per heavy atom. The van der Waals surface area contributed by atoms with E-state index in [1.807, 2.05) is 24.3 Å². The number of urea groups is 1. The second-order valence-electron chi connectivity index (χ2n) is 6.44. The summed E-state index contributed by atoms with van der Waals surface area (Å²) >= 11 is 0. The summed E-state index contributed by atoms with van der Waals surface area (Å²) in [5.41, 5.74) is 1.26. The van der Waals surface area contributed by atoms with E-state index in [0.29, 0.717) is 19.3 Å². The van der Waals surface area contributed by atoms with Gasteiger partial charge in [0.25, 0.3) is 5.91 Å². The van der Waals surface area contributed by atoms with Gasteiger partial charge in [-0.1, -0.05) is 24.3 Å². The molecular formula is C16H16N2O4. The number of amides is 3. The van der Waals surface area contributed by atoms with Gasteiger partial charge in [0.05, 0.1) is 5.92 Å². The molecule has 114 valence electrons. The minimum Gasteiger partial charge on any atom is -0.481 e. The summed E-state index contributed by atoms with van der Waals surface area (Å²) in [5, 5.41) is 14.3. The topological polar surface area (TPSA) is 95.5 Å². The SMILES string of the molecule is O=C1NC(=O)C(C2Cc3ccccc3C2)(C2CC2C(=O)O)N1. The van der Waals surface area contributed by atoms with E-state index < -0.39 is 23.5 Å². The Labute approximate surface area is 126 Å². The van der Waals surface area contributed by atoms with Gasteiger partial charge in [0.1, 0.15) is 5.54 Å². The van der Waals surface area contributed by atoms with E-state index >= 15 is 0 Å². The molecule has 2 fully saturated rings. The number of hydrogen-bond acceptors (Lipinski definition) is 3. The molecule has 3 unspecified atom stereocenters. The summed E-state index contributed by atoms with van der Waals surface area (Å²) in [5.74, 6) is -2.23. The number of carbonyl (C=O) groups is 3. The average molecular weight is 300 g/mol. The summed E-state index contributed by atoms with van der Waals surface area (Å²) in [6, 6.07) is 7.45. The fourth-order valence-corrected chi connectivity index (χ4v) is 4.19. The number of fused-ring (bicyclic) bond motifs is 1. The number of hydrogen-bond donors (Lipinski definition) is 3. The molecule has 3 amide bonds. The van der Waals surface area contributed by atoms with Crippen LogP contribution in [-0.4, -0.2) is 28.6 Å². The first kappa shape index (κ1) is 13.3. The van der Waals surface area contributed by atoms with Crippen LogP contribution < -0.4 is 10.6 Å². The van der Waals surface area contributed by atoms with Crippen LogP contribution in [0.5, 0.6) is 0 Å². The number of aliphatic carboxylic acids is 1. The highest BCUT2D eigenvalue weighted by Crippen LogP contribution is 2.53. The molecule has 2 aliphatic carbocycles. The van der Waals surface area contributed by atoms with Crippen molar-refractivity contribution < 1.29 is 19.5 Å². The lowest BCUT2D eigenvalue weighted by Gasteiger charge is -2.32. The Kier molecular flexibility index (Phi) is 2.61. The monoisotopic (exact) mass is 300 g/mol. The van der Waals surface area contributed by atoms with Gasteiger partial charge in [0.2, 0.25) is 0 Å². The van der Waals surface area contributed by atoms with E-state index in [-0.39, 0.29) is 17.7 Å². The van der Waals surface area contributed by atoms with Crippen LogP contribution in [0.4, 0.5) is 4.79 Å². The zero-order chi connectivity index (χ0) is 15.5. The fraction of sp³-hybridized carbons (Fsp3) is 0.438. The largest absolute Gasteiger partial charge is 0.481 e. The van der Waals surface area contributed by atoms with Crippen LogP contribution >= 0.6 is 0 Å². The van der Waals surface area contributed by atoms with Gasteiger partial charge in [-0.15, -0.1) is 0 Å². The van der Waals surface area contributed by atoms with Crippen molar-refractivity contribution in [1.29, 1.82) is 0 Å². The number of imide groups is 1. The van der Waals surface area contributed by atoms with Crippen LogP contribution in [0.25, 0.3) is 0 Å². The summed E-state index contributed by atoms with van der Waals surface area (Å²) in [7, 11) is 0. The Hall–Kier alpha value is -2.37. The first-order valence-electron chi connectivity index (χ1n) is 7.45. The van der Waals surface area contributed by atoms with Gasteiger partial charge in [-0.05, 0) is 36.3 Å². The van der Waals surface area contributed by atoms with E-state index in [2.05, 4.69) is 10.6 Å². The molecule has 0 spiro atoms. The Morgan fingerprint density at radius 3 is 2.27 bits per heavy atom. The number of carboxylic acid groups (broad SMARTS) is 1. The number of benzene rings is 1. The quantitative estimate of drug-likeness (QED) is 0.716. The zero-order valence-electron chi connectivity index (χ0n) is 11.8. The highest BCUT2D eigenvalue weighted by molar-refractivity contribution is 6.08. The zero-order valence-corrected chi connectivity index (χ0v) is 11.8. The van der Waals surface area contributed by atoms with Crippen LogP contribution in [-0.2, 0) is 22.4 Å². The molecule has 3 aliphatic rings. The van der Waals surface area contributed by atoms with Crippen LogP contribution in [0.2, 0.25) is 0 Å². The molecular weight excluding hydrogens is 284 g/mol. The maximum Gasteiger partial charge on any atom is 0.322 e. The highest BCUT2D eigenvalue weighted by Gasteiger charge is 2.66. The lowest BCUT2D eigenvalue weighted by atomic mass is 9.77. The standard InChI is InChI=1S/C16H16N2O4/c19-13(20)11-7-12(11)16(14(21)17-15(22)18-16)10-5-8-3-1-2-4-9(8)6-10/h1-4,10-12H,5-7H2,(H,19,20)(H2,17,18,21,22). The van der Waals surface area contributed by atoms with Crippen molar-refractivity contribution in [1.82, 2.24) is 10.6 Å². The van der Waals surface area contributed by atoms with E-state index in [4.69, 9.17) is 0 Å². The summed E-state index contributed by atoms with van der Waals surface area (Å²) in [6.07, 6.45) is 1.81. The molecule has 6 nitrogen and oxygen atoms in total. The maximum atomic E-state index is 12.5. The molecule has 3 atom stereocenters. The predicted molar refractivity (Wildman–Crippen MR) is 76.0 cm³/mol. The van der Waals surface area contributed by atoms with Gasteiger partial charge < -0.3 is 10.4 Å². The first-order chi connectivity index (χ1) is 10.5. The molecule has 0 radical (unpaired) electrons. The van der Waals surface area contributed by atoms with Crippen LogP contribution in [0.15, 0.2) is 24.3 Å². The highest BCUT2D eigenvalue weighted by atomic mass is 16.4. The smallest absolute Gasteiger partial charge is 0.322 e. The predicted octanol–water partition coefficient (Wildman–Crippen LogP) is 0.700. The number of carboxylic acids is 1. The molecule has 4 rings (SSSR count). The molecule has 1 saturated carbocycles. The molecule has 1 heterocycles. The van der Waals surface area contributed by atoms with Crippen molar-refractivity contribution in [3.63, 3.8) is 0 Å². The third-order valence-corrected chi connectivity index (χ3v) is 5.31. The molecule has 1 saturated heterocycles.